The van der Waals surface area contributed by atoms with Crippen molar-refractivity contribution >= 4 is 27.5 Å². The predicted molar refractivity (Wildman–Crippen MR) is 133 cm³/mol. The van der Waals surface area contributed by atoms with Crippen molar-refractivity contribution in [2.75, 3.05) is 23.7 Å². The molecule has 0 bridgehead atoms. The number of hydrogen-bond acceptors (Lipinski definition) is 4. The summed E-state index contributed by atoms with van der Waals surface area (Å²) >= 11 is 0. The fourth-order valence-electron chi connectivity index (χ4n) is 3.76. The maximum Gasteiger partial charge on any atom is 0.244 e. The Hall–Kier alpha value is -2.87. The van der Waals surface area contributed by atoms with Gasteiger partial charge in [-0.2, -0.15) is 0 Å². The van der Waals surface area contributed by atoms with Crippen LogP contribution in [0.3, 0.4) is 0 Å². The van der Waals surface area contributed by atoms with Crippen LogP contribution in [0, 0.1) is 20.8 Å². The second-order valence-corrected chi connectivity index (χ2v) is 10.4. The number of para-hydroxylation sites is 1. The highest BCUT2D eigenvalue weighted by atomic mass is 32.2. The maximum absolute atomic E-state index is 13.5. The van der Waals surface area contributed by atoms with Crippen LogP contribution in [0.5, 0.6) is 0 Å². The van der Waals surface area contributed by atoms with Gasteiger partial charge in [-0.25, -0.2) is 8.42 Å². The molecule has 0 radical (unpaired) electrons. The number of amides is 2. The molecule has 2 aromatic carbocycles. The normalized spacial score (nSPS) is 12.2. The molecule has 1 atom stereocenters. The van der Waals surface area contributed by atoms with Crippen LogP contribution in [0.1, 0.15) is 42.5 Å². The Morgan fingerprint density at radius 2 is 1.64 bits per heavy atom. The van der Waals surface area contributed by atoms with Crippen molar-refractivity contribution in [3.8, 4) is 0 Å². The highest BCUT2D eigenvalue weighted by Crippen LogP contribution is 2.27. The largest absolute Gasteiger partial charge is 0.354 e. The lowest BCUT2D eigenvalue weighted by Gasteiger charge is -2.32. The molecule has 0 saturated heterocycles. The van der Waals surface area contributed by atoms with Crippen molar-refractivity contribution < 1.29 is 18.0 Å². The molecule has 7 nitrogen and oxygen atoms in total. The first-order valence-corrected chi connectivity index (χ1v) is 13.0. The van der Waals surface area contributed by atoms with E-state index in [1.165, 1.54) is 4.90 Å². The SMILES string of the molecule is CCCNC(=O)C(C)N(Cc1cccc(C)c1)C(=O)CN(c1c(C)cccc1C)S(C)(=O)=O. The lowest BCUT2D eigenvalue weighted by atomic mass is 10.1. The van der Waals surface area contributed by atoms with Gasteiger partial charge in [-0.3, -0.25) is 13.9 Å². The summed E-state index contributed by atoms with van der Waals surface area (Å²) in [6, 6.07) is 12.4. The highest BCUT2D eigenvalue weighted by Gasteiger charge is 2.31. The van der Waals surface area contributed by atoms with E-state index in [1.807, 2.05) is 70.2 Å². The van der Waals surface area contributed by atoms with E-state index in [1.54, 1.807) is 6.92 Å². The summed E-state index contributed by atoms with van der Waals surface area (Å²) in [6.45, 7) is 9.53. The van der Waals surface area contributed by atoms with Crippen LogP contribution in [-0.4, -0.2) is 50.5 Å². The Kier molecular flexibility index (Phi) is 9.05. The van der Waals surface area contributed by atoms with E-state index in [0.29, 0.717) is 12.2 Å². The van der Waals surface area contributed by atoms with Crippen molar-refractivity contribution in [1.29, 1.82) is 0 Å². The minimum Gasteiger partial charge on any atom is -0.354 e. The number of carbonyl (C=O) groups is 2. The summed E-state index contributed by atoms with van der Waals surface area (Å²) in [5, 5.41) is 2.83. The summed E-state index contributed by atoms with van der Waals surface area (Å²) in [5.41, 5.74) is 3.92. The van der Waals surface area contributed by atoms with Crippen molar-refractivity contribution in [1.82, 2.24) is 10.2 Å². The van der Waals surface area contributed by atoms with Crippen molar-refractivity contribution in [3.05, 3.63) is 64.7 Å². The molecular weight excluding hydrogens is 438 g/mol. The molecular formula is C25H35N3O4S. The van der Waals surface area contributed by atoms with Crippen LogP contribution in [0.2, 0.25) is 0 Å². The number of benzene rings is 2. The van der Waals surface area contributed by atoms with Crippen LogP contribution < -0.4 is 9.62 Å². The van der Waals surface area contributed by atoms with E-state index in [0.717, 1.165) is 39.2 Å². The molecule has 2 amide bonds. The van der Waals surface area contributed by atoms with Gasteiger partial charge in [-0.1, -0.05) is 55.0 Å². The van der Waals surface area contributed by atoms with Gasteiger partial charge in [0, 0.05) is 13.1 Å². The van der Waals surface area contributed by atoms with E-state index in [2.05, 4.69) is 5.32 Å². The quantitative estimate of drug-likeness (QED) is 0.574. The zero-order chi connectivity index (χ0) is 24.8. The van der Waals surface area contributed by atoms with E-state index in [9.17, 15) is 18.0 Å². The standard InChI is InChI=1S/C25H35N3O4S/c1-7-14-26-25(30)21(5)27(16-22-13-8-10-18(2)15-22)23(29)17-28(33(6,31)32)24-19(3)11-9-12-20(24)4/h8-13,15,21H,7,14,16-17H2,1-6H3,(H,26,30). The second kappa shape index (κ2) is 11.3. The zero-order valence-electron chi connectivity index (χ0n) is 20.4. The molecule has 2 aromatic rings. The maximum atomic E-state index is 13.5. The van der Waals surface area contributed by atoms with Crippen molar-refractivity contribution in [3.63, 3.8) is 0 Å². The van der Waals surface area contributed by atoms with Crippen LogP contribution in [0.4, 0.5) is 5.69 Å². The summed E-state index contributed by atoms with van der Waals surface area (Å²) in [6.07, 6.45) is 1.87. The predicted octanol–water partition coefficient (Wildman–Crippen LogP) is 3.32. The number of rotatable bonds is 10. The van der Waals surface area contributed by atoms with E-state index in [-0.39, 0.29) is 19.0 Å². The smallest absolute Gasteiger partial charge is 0.244 e. The minimum absolute atomic E-state index is 0.200. The van der Waals surface area contributed by atoms with Gasteiger partial charge in [0.1, 0.15) is 12.6 Å². The Balaban J connectivity index is 2.43. The fourth-order valence-corrected chi connectivity index (χ4v) is 4.73. The number of nitrogens with one attached hydrogen (secondary N) is 1. The summed E-state index contributed by atoms with van der Waals surface area (Å²) in [4.78, 5) is 27.7. The molecule has 1 unspecified atom stereocenters. The third-order valence-corrected chi connectivity index (χ3v) is 6.63. The number of nitrogens with zero attached hydrogens (tertiary/aromatic N) is 2. The van der Waals surface area contributed by atoms with Gasteiger partial charge in [-0.05, 0) is 50.8 Å². The van der Waals surface area contributed by atoms with Crippen LogP contribution >= 0.6 is 0 Å². The molecule has 180 valence electrons. The van der Waals surface area contributed by atoms with Gasteiger partial charge in [0.15, 0.2) is 0 Å². The Morgan fingerprint density at radius 3 is 2.18 bits per heavy atom. The van der Waals surface area contributed by atoms with Crippen LogP contribution in [-0.2, 0) is 26.2 Å². The molecule has 0 aliphatic carbocycles. The van der Waals surface area contributed by atoms with E-state index >= 15 is 0 Å². The molecule has 0 aliphatic heterocycles. The molecule has 33 heavy (non-hydrogen) atoms. The van der Waals surface area contributed by atoms with E-state index in [4.69, 9.17) is 0 Å². The topological polar surface area (TPSA) is 86.8 Å². The molecule has 0 spiro atoms. The third-order valence-electron chi connectivity index (χ3n) is 5.52. The third kappa shape index (κ3) is 7.05. The first kappa shape index (κ1) is 26.4. The molecule has 0 heterocycles. The van der Waals surface area contributed by atoms with Crippen LogP contribution in [0.15, 0.2) is 42.5 Å². The number of sulfonamides is 1. The lowest BCUT2D eigenvalue weighted by Crippen LogP contribution is -2.51. The summed E-state index contributed by atoms with van der Waals surface area (Å²) in [5.74, 6) is -0.709. The molecule has 0 saturated carbocycles. The number of hydrogen-bond donors (Lipinski definition) is 1. The minimum atomic E-state index is -3.75. The molecule has 8 heteroatoms. The van der Waals surface area contributed by atoms with Crippen molar-refractivity contribution in [2.24, 2.45) is 0 Å². The van der Waals surface area contributed by atoms with Gasteiger partial charge in [-0.15, -0.1) is 0 Å². The Labute approximate surface area is 197 Å². The average Bonchev–Trinajstić information content (AvgIpc) is 2.73. The van der Waals surface area contributed by atoms with Gasteiger partial charge < -0.3 is 10.2 Å². The summed E-state index contributed by atoms with van der Waals surface area (Å²) < 4.78 is 26.6. The molecule has 0 aliphatic rings. The molecule has 1 N–H and O–H groups in total. The van der Waals surface area contributed by atoms with Gasteiger partial charge in [0.2, 0.25) is 21.8 Å². The first-order valence-electron chi connectivity index (χ1n) is 11.1. The van der Waals surface area contributed by atoms with Gasteiger partial charge in [0.05, 0.1) is 11.9 Å². The molecule has 0 fully saturated rings. The monoisotopic (exact) mass is 473 g/mol. The van der Waals surface area contributed by atoms with Gasteiger partial charge in [0.25, 0.3) is 0 Å². The molecule has 0 aromatic heterocycles. The van der Waals surface area contributed by atoms with Crippen LogP contribution in [0.25, 0.3) is 0 Å². The molecule has 2 rings (SSSR count). The number of carbonyl (C=O) groups excluding carboxylic acids is 2. The van der Waals surface area contributed by atoms with Crippen molar-refractivity contribution in [2.45, 2.75) is 53.6 Å². The Morgan fingerprint density at radius 1 is 1.03 bits per heavy atom. The average molecular weight is 474 g/mol. The van der Waals surface area contributed by atoms with E-state index < -0.39 is 22.0 Å². The fraction of sp³-hybridized carbons (Fsp3) is 0.440. The summed E-state index contributed by atoms with van der Waals surface area (Å²) in [7, 11) is -3.75. The zero-order valence-corrected chi connectivity index (χ0v) is 21.2. The first-order chi connectivity index (χ1) is 15.5. The lowest BCUT2D eigenvalue weighted by molar-refractivity contribution is -0.139. The number of aryl methyl sites for hydroxylation is 3. The van der Waals surface area contributed by atoms with Gasteiger partial charge >= 0.3 is 0 Å². The highest BCUT2D eigenvalue weighted by molar-refractivity contribution is 7.92. The number of anilines is 1. The second-order valence-electron chi connectivity index (χ2n) is 8.49. The Bertz CT molecular complexity index is 1080.